The van der Waals surface area contributed by atoms with Crippen molar-refractivity contribution in [2.75, 3.05) is 20.3 Å². The van der Waals surface area contributed by atoms with E-state index < -0.39 is 5.91 Å². The molecule has 0 spiro atoms. The molecule has 0 aromatic heterocycles. The molecule has 0 heterocycles. The molecule has 1 aromatic carbocycles. The molecule has 1 aromatic rings. The minimum atomic E-state index is -0.475. The maximum atomic E-state index is 11.5. The molecule has 0 aliphatic rings. The highest BCUT2D eigenvalue weighted by Gasteiger charge is 2.10. The van der Waals surface area contributed by atoms with Gasteiger partial charge in [0.25, 0.3) is 5.91 Å². The van der Waals surface area contributed by atoms with E-state index in [2.05, 4.69) is 5.48 Å². The third-order valence-electron chi connectivity index (χ3n) is 1.95. The van der Waals surface area contributed by atoms with Crippen molar-refractivity contribution in [3.05, 3.63) is 29.3 Å². The van der Waals surface area contributed by atoms with Gasteiger partial charge in [-0.1, -0.05) is 11.6 Å². The van der Waals surface area contributed by atoms with Crippen LogP contribution < -0.4 is 5.48 Å². The van der Waals surface area contributed by atoms with E-state index in [1.54, 1.807) is 12.1 Å². The monoisotopic (exact) mass is 225 g/mol. The lowest BCUT2D eigenvalue weighted by Crippen LogP contribution is -2.25. The fraction of sp³-hybridized carbons (Fsp3) is 0.364. The SMILES string of the molecule is COCCONC(=O)c1cc(C)ccc1O. The highest BCUT2D eigenvalue weighted by Crippen LogP contribution is 2.17. The van der Waals surface area contributed by atoms with Gasteiger partial charge < -0.3 is 9.84 Å². The normalized spacial score (nSPS) is 10.1. The first-order valence-electron chi connectivity index (χ1n) is 4.86. The number of hydrogen-bond acceptors (Lipinski definition) is 4. The minimum absolute atomic E-state index is 0.0709. The lowest BCUT2D eigenvalue weighted by Gasteiger charge is -2.07. The fourth-order valence-electron chi connectivity index (χ4n) is 1.13. The molecule has 0 unspecified atom stereocenters. The molecule has 0 fully saturated rings. The number of aryl methyl sites for hydroxylation is 1. The maximum Gasteiger partial charge on any atom is 0.278 e. The molecule has 1 amide bonds. The van der Waals surface area contributed by atoms with Gasteiger partial charge in [0.05, 0.1) is 18.8 Å². The topological polar surface area (TPSA) is 67.8 Å². The van der Waals surface area contributed by atoms with Gasteiger partial charge in [0.1, 0.15) is 5.75 Å². The van der Waals surface area contributed by atoms with Crippen LogP contribution >= 0.6 is 0 Å². The Bertz CT molecular complexity index is 365. The van der Waals surface area contributed by atoms with Crippen molar-refractivity contribution in [2.24, 2.45) is 0 Å². The number of nitrogens with one attached hydrogen (secondary N) is 1. The van der Waals surface area contributed by atoms with Crippen LogP contribution in [0.5, 0.6) is 5.75 Å². The smallest absolute Gasteiger partial charge is 0.278 e. The lowest BCUT2D eigenvalue weighted by atomic mass is 10.1. The lowest BCUT2D eigenvalue weighted by molar-refractivity contribution is 0.00874. The number of methoxy groups -OCH3 is 1. The molecule has 0 radical (unpaired) electrons. The van der Waals surface area contributed by atoms with Crippen molar-refractivity contribution in [3.8, 4) is 5.75 Å². The van der Waals surface area contributed by atoms with Crippen molar-refractivity contribution in [1.82, 2.24) is 5.48 Å². The van der Waals surface area contributed by atoms with Crippen LogP contribution in [0, 0.1) is 6.92 Å². The molecule has 88 valence electrons. The first kappa shape index (κ1) is 12.5. The Labute approximate surface area is 93.9 Å². The van der Waals surface area contributed by atoms with E-state index in [0.29, 0.717) is 6.61 Å². The largest absolute Gasteiger partial charge is 0.507 e. The third-order valence-corrected chi connectivity index (χ3v) is 1.95. The molecule has 2 N–H and O–H groups in total. The number of rotatable bonds is 5. The number of hydroxylamine groups is 1. The number of aromatic hydroxyl groups is 1. The summed E-state index contributed by atoms with van der Waals surface area (Å²) in [5.74, 6) is -0.546. The molecule has 0 saturated carbocycles. The predicted octanol–water partition coefficient (Wildman–Crippen LogP) is 1.01. The molecular formula is C11H15NO4. The second kappa shape index (κ2) is 6.09. The van der Waals surface area contributed by atoms with Crippen LogP contribution in [0.25, 0.3) is 0 Å². The van der Waals surface area contributed by atoms with Gasteiger partial charge in [-0.15, -0.1) is 0 Å². The zero-order chi connectivity index (χ0) is 12.0. The van der Waals surface area contributed by atoms with Crippen LogP contribution in [0.15, 0.2) is 18.2 Å². The van der Waals surface area contributed by atoms with Gasteiger partial charge in [0.15, 0.2) is 0 Å². The summed E-state index contributed by atoms with van der Waals surface area (Å²) in [6.07, 6.45) is 0. The van der Waals surface area contributed by atoms with Crippen LogP contribution in [-0.4, -0.2) is 31.3 Å². The highest BCUT2D eigenvalue weighted by molar-refractivity contribution is 5.96. The Morgan fingerprint density at radius 3 is 2.88 bits per heavy atom. The summed E-state index contributed by atoms with van der Waals surface area (Å²) in [6, 6.07) is 4.78. The average Bonchev–Trinajstić information content (AvgIpc) is 2.27. The van der Waals surface area contributed by atoms with Crippen molar-refractivity contribution in [2.45, 2.75) is 6.92 Å². The van der Waals surface area contributed by atoms with E-state index in [1.165, 1.54) is 13.2 Å². The Hall–Kier alpha value is -1.59. The second-order valence-electron chi connectivity index (χ2n) is 3.29. The van der Waals surface area contributed by atoms with Crippen molar-refractivity contribution >= 4 is 5.91 Å². The Morgan fingerprint density at radius 1 is 1.44 bits per heavy atom. The number of hydrogen-bond donors (Lipinski definition) is 2. The third kappa shape index (κ3) is 3.52. The number of carbonyl (C=O) groups excluding carboxylic acids is 1. The molecule has 1 rings (SSSR count). The number of amides is 1. The van der Waals surface area contributed by atoms with Gasteiger partial charge in [-0.25, -0.2) is 5.48 Å². The maximum absolute atomic E-state index is 11.5. The molecule has 0 aliphatic heterocycles. The van der Waals surface area contributed by atoms with E-state index in [-0.39, 0.29) is 17.9 Å². The second-order valence-corrected chi connectivity index (χ2v) is 3.29. The predicted molar refractivity (Wildman–Crippen MR) is 58.1 cm³/mol. The van der Waals surface area contributed by atoms with Gasteiger partial charge in [0, 0.05) is 7.11 Å². The summed E-state index contributed by atoms with van der Waals surface area (Å²) in [7, 11) is 1.54. The molecule has 0 saturated heterocycles. The van der Waals surface area contributed by atoms with Crippen LogP contribution in [0.2, 0.25) is 0 Å². The summed E-state index contributed by atoms with van der Waals surface area (Å²) in [5.41, 5.74) is 3.30. The van der Waals surface area contributed by atoms with E-state index in [1.807, 2.05) is 6.92 Å². The van der Waals surface area contributed by atoms with E-state index in [9.17, 15) is 9.90 Å². The highest BCUT2D eigenvalue weighted by atomic mass is 16.7. The van der Waals surface area contributed by atoms with Crippen LogP contribution in [-0.2, 0) is 9.57 Å². The number of ether oxygens (including phenoxy) is 1. The minimum Gasteiger partial charge on any atom is -0.507 e. The molecule has 16 heavy (non-hydrogen) atoms. The molecular weight excluding hydrogens is 210 g/mol. The van der Waals surface area contributed by atoms with E-state index in [0.717, 1.165) is 5.56 Å². The Balaban J connectivity index is 2.55. The van der Waals surface area contributed by atoms with Crippen molar-refractivity contribution in [3.63, 3.8) is 0 Å². The first-order chi connectivity index (χ1) is 7.65. The summed E-state index contributed by atoms with van der Waals surface area (Å²) in [4.78, 5) is 16.4. The Morgan fingerprint density at radius 2 is 2.19 bits per heavy atom. The van der Waals surface area contributed by atoms with Crippen molar-refractivity contribution < 1.29 is 19.5 Å². The molecule has 0 bridgehead atoms. The summed E-state index contributed by atoms with van der Waals surface area (Å²) in [5, 5.41) is 9.47. The van der Waals surface area contributed by atoms with E-state index in [4.69, 9.17) is 9.57 Å². The zero-order valence-corrected chi connectivity index (χ0v) is 9.32. The number of carbonyl (C=O) groups is 1. The van der Waals surface area contributed by atoms with E-state index >= 15 is 0 Å². The Kier molecular flexibility index (Phi) is 4.75. The summed E-state index contributed by atoms with van der Waals surface area (Å²) < 4.78 is 4.75. The van der Waals surface area contributed by atoms with Crippen molar-refractivity contribution in [1.29, 1.82) is 0 Å². The van der Waals surface area contributed by atoms with Gasteiger partial charge in [-0.3, -0.25) is 9.63 Å². The van der Waals surface area contributed by atoms with Gasteiger partial charge in [-0.2, -0.15) is 0 Å². The fourth-order valence-corrected chi connectivity index (χ4v) is 1.13. The number of phenolic OH excluding ortho intramolecular Hbond substituents is 1. The van der Waals surface area contributed by atoms with Crippen LogP contribution in [0.3, 0.4) is 0 Å². The van der Waals surface area contributed by atoms with Gasteiger partial charge in [-0.05, 0) is 19.1 Å². The van der Waals surface area contributed by atoms with Gasteiger partial charge >= 0.3 is 0 Å². The molecule has 0 aliphatic carbocycles. The van der Waals surface area contributed by atoms with Crippen LogP contribution in [0.4, 0.5) is 0 Å². The molecule has 5 nitrogen and oxygen atoms in total. The number of phenols is 1. The standard InChI is InChI=1S/C11H15NO4/c1-8-3-4-10(13)9(7-8)11(14)12-16-6-5-15-2/h3-4,7,13H,5-6H2,1-2H3,(H,12,14). The van der Waals surface area contributed by atoms with Gasteiger partial charge in [0.2, 0.25) is 0 Å². The first-order valence-corrected chi connectivity index (χ1v) is 4.86. The quantitative estimate of drug-likeness (QED) is 0.579. The van der Waals surface area contributed by atoms with Crippen LogP contribution in [0.1, 0.15) is 15.9 Å². The molecule has 5 heteroatoms. The molecule has 0 atom stereocenters. The average molecular weight is 225 g/mol. The summed E-state index contributed by atoms with van der Waals surface area (Å²) >= 11 is 0. The number of benzene rings is 1. The summed E-state index contributed by atoms with van der Waals surface area (Å²) in [6.45, 7) is 2.48. The zero-order valence-electron chi connectivity index (χ0n) is 9.32.